The van der Waals surface area contributed by atoms with Crippen LogP contribution in [0, 0.1) is 5.82 Å². The van der Waals surface area contributed by atoms with E-state index in [2.05, 4.69) is 31.1 Å². The highest BCUT2D eigenvalue weighted by Gasteiger charge is 2.34. The summed E-state index contributed by atoms with van der Waals surface area (Å²) in [7, 11) is 0. The van der Waals surface area contributed by atoms with E-state index in [1.54, 1.807) is 39.2 Å². The van der Waals surface area contributed by atoms with E-state index >= 15 is 0 Å². The van der Waals surface area contributed by atoms with Crippen molar-refractivity contribution in [2.75, 3.05) is 23.4 Å². The van der Waals surface area contributed by atoms with Crippen molar-refractivity contribution < 1.29 is 28.2 Å². The van der Waals surface area contributed by atoms with Gasteiger partial charge in [-0.2, -0.15) is 4.90 Å². The Morgan fingerprint density at radius 1 is 1.29 bits per heavy atom. The van der Waals surface area contributed by atoms with Crippen LogP contribution in [0.2, 0.25) is 0 Å². The molecule has 3 aromatic rings. The Morgan fingerprint density at radius 3 is 2.82 bits per heavy atom. The molecule has 12 heteroatoms. The highest BCUT2D eigenvalue weighted by Crippen LogP contribution is 2.32. The van der Waals surface area contributed by atoms with E-state index in [0.717, 1.165) is 11.0 Å². The molecular formula is C26H29BrFN5O5. The fraction of sp³-hybridized carbons (Fsp3) is 0.423. The summed E-state index contributed by atoms with van der Waals surface area (Å²) in [6, 6.07) is 7.22. The minimum Gasteiger partial charge on any atom is -0.493 e. The average molecular weight is 590 g/mol. The summed E-state index contributed by atoms with van der Waals surface area (Å²) in [4.78, 5) is 32.8. The number of benzene rings is 1. The number of hydrogen-bond donors (Lipinski definition) is 0. The SMILES string of the molecule is C[C@H]1CCCOc2cc(F)c(OCCBr)cc2C(=O)N(C(=O)OC(C)(C)C)c2cccc(n2)-c2nncn21. The van der Waals surface area contributed by atoms with Gasteiger partial charge in [0.2, 0.25) is 0 Å². The smallest absolute Gasteiger partial charge is 0.423 e. The van der Waals surface area contributed by atoms with Crippen molar-refractivity contribution in [1.82, 2.24) is 19.7 Å². The molecule has 0 radical (unpaired) electrons. The second kappa shape index (κ2) is 11.5. The van der Waals surface area contributed by atoms with Crippen LogP contribution in [0.4, 0.5) is 15.0 Å². The number of carbonyl (C=O) groups excluding carboxylic acids is 2. The van der Waals surface area contributed by atoms with E-state index in [-0.39, 0.29) is 42.1 Å². The molecular weight excluding hydrogens is 561 g/mol. The molecule has 2 bridgehead atoms. The topological polar surface area (TPSA) is 109 Å². The first kappa shape index (κ1) is 27.5. The van der Waals surface area contributed by atoms with E-state index in [1.807, 2.05) is 11.5 Å². The van der Waals surface area contributed by atoms with Gasteiger partial charge >= 0.3 is 6.09 Å². The zero-order valence-corrected chi connectivity index (χ0v) is 23.2. The van der Waals surface area contributed by atoms with Crippen molar-refractivity contribution >= 4 is 33.7 Å². The molecule has 1 aliphatic rings. The highest BCUT2D eigenvalue weighted by atomic mass is 79.9. The largest absolute Gasteiger partial charge is 0.493 e. The third-order valence-electron chi connectivity index (χ3n) is 5.64. The Kier molecular flexibility index (Phi) is 8.29. The van der Waals surface area contributed by atoms with Gasteiger partial charge in [0, 0.05) is 17.4 Å². The molecule has 3 heterocycles. The predicted octanol–water partition coefficient (Wildman–Crippen LogP) is 5.57. The Morgan fingerprint density at radius 2 is 2.08 bits per heavy atom. The van der Waals surface area contributed by atoms with Gasteiger partial charge in [0.25, 0.3) is 5.91 Å². The fourth-order valence-corrected chi connectivity index (χ4v) is 4.07. The van der Waals surface area contributed by atoms with E-state index < -0.39 is 23.4 Å². The number of fused-ring (bicyclic) bond motifs is 5. The highest BCUT2D eigenvalue weighted by molar-refractivity contribution is 9.09. The van der Waals surface area contributed by atoms with Crippen LogP contribution < -0.4 is 14.4 Å². The molecule has 0 spiro atoms. The molecule has 0 N–H and O–H groups in total. The standard InChI is InChI=1S/C26H29BrFN5O5/c1-16-7-6-11-36-20-14-18(28)21(37-12-10-27)13-17(20)24(34)33(25(35)38-26(2,3)4)22-9-5-8-19(30-22)23-31-29-15-32(16)23/h5,8-9,13-16H,6-7,10-12H2,1-4H3/t16-/m0/s1. The van der Waals surface area contributed by atoms with E-state index in [0.29, 0.717) is 29.7 Å². The van der Waals surface area contributed by atoms with Crippen LogP contribution in [0.1, 0.15) is 56.9 Å². The number of aromatic nitrogens is 4. The third kappa shape index (κ3) is 6.12. The normalized spacial score (nSPS) is 16.1. The molecule has 0 aliphatic carbocycles. The maximum absolute atomic E-state index is 14.9. The Labute approximate surface area is 228 Å². The van der Waals surface area contributed by atoms with Gasteiger partial charge in [-0.25, -0.2) is 14.2 Å². The molecule has 4 rings (SSSR count). The molecule has 0 saturated carbocycles. The van der Waals surface area contributed by atoms with Crippen molar-refractivity contribution in [2.24, 2.45) is 0 Å². The van der Waals surface area contributed by atoms with Crippen LogP contribution in [0.15, 0.2) is 36.7 Å². The molecule has 0 saturated heterocycles. The lowest BCUT2D eigenvalue weighted by Crippen LogP contribution is -2.41. The molecule has 10 nitrogen and oxygen atoms in total. The number of carbonyl (C=O) groups is 2. The second-order valence-electron chi connectivity index (χ2n) is 9.72. The van der Waals surface area contributed by atoms with E-state index in [4.69, 9.17) is 14.2 Å². The maximum Gasteiger partial charge on any atom is 0.423 e. The van der Waals surface area contributed by atoms with E-state index in [9.17, 15) is 14.0 Å². The Hall–Kier alpha value is -3.54. The van der Waals surface area contributed by atoms with Gasteiger partial charge in [-0.15, -0.1) is 10.2 Å². The summed E-state index contributed by atoms with van der Waals surface area (Å²) in [5, 5.41) is 8.72. The first-order valence-electron chi connectivity index (χ1n) is 12.2. The number of rotatable bonds is 3. The van der Waals surface area contributed by atoms with E-state index in [1.165, 1.54) is 12.1 Å². The number of hydrogen-bond acceptors (Lipinski definition) is 8. The lowest BCUT2D eigenvalue weighted by molar-refractivity contribution is 0.0562. The quantitative estimate of drug-likeness (QED) is 0.365. The van der Waals surface area contributed by atoms with Gasteiger partial charge < -0.3 is 18.8 Å². The summed E-state index contributed by atoms with van der Waals surface area (Å²) >= 11 is 3.24. The number of halogens is 2. The van der Waals surface area contributed by atoms with Crippen LogP contribution in [0.25, 0.3) is 11.5 Å². The van der Waals surface area contributed by atoms with Gasteiger partial charge in [-0.05, 0) is 58.7 Å². The average Bonchev–Trinajstić information content (AvgIpc) is 3.35. The number of nitrogens with zero attached hydrogens (tertiary/aromatic N) is 5. The van der Waals surface area contributed by atoms with Crippen LogP contribution in [0.5, 0.6) is 11.5 Å². The maximum atomic E-state index is 14.9. The minimum atomic E-state index is -0.952. The molecule has 202 valence electrons. The van der Waals surface area contributed by atoms with Crippen molar-refractivity contribution in [3.63, 3.8) is 0 Å². The molecule has 1 aromatic carbocycles. The van der Waals surface area contributed by atoms with Gasteiger partial charge in [0.15, 0.2) is 17.4 Å². The summed E-state index contributed by atoms with van der Waals surface area (Å²) in [5.41, 5.74) is -0.555. The number of pyridine rings is 1. The molecule has 2 aromatic heterocycles. The Bertz CT molecular complexity index is 1330. The zero-order valence-electron chi connectivity index (χ0n) is 21.6. The second-order valence-corrected chi connectivity index (χ2v) is 10.5. The van der Waals surface area contributed by atoms with Crippen LogP contribution >= 0.6 is 15.9 Å². The summed E-state index contributed by atoms with van der Waals surface area (Å²) in [5.74, 6) is -1.17. The predicted molar refractivity (Wildman–Crippen MR) is 141 cm³/mol. The minimum absolute atomic E-state index is 0.000728. The lowest BCUT2D eigenvalue weighted by atomic mass is 10.1. The molecule has 1 atom stereocenters. The fourth-order valence-electron chi connectivity index (χ4n) is 3.91. The van der Waals surface area contributed by atoms with Crippen molar-refractivity contribution in [2.45, 2.75) is 52.2 Å². The van der Waals surface area contributed by atoms with Crippen molar-refractivity contribution in [3.8, 4) is 23.0 Å². The molecule has 0 fully saturated rings. The van der Waals surface area contributed by atoms with Gasteiger partial charge in [0.05, 0.1) is 18.8 Å². The number of ether oxygens (including phenoxy) is 3. The first-order chi connectivity index (χ1) is 18.1. The molecule has 0 unspecified atom stereocenters. The summed E-state index contributed by atoms with van der Waals surface area (Å²) in [6.07, 6.45) is 1.95. The number of amides is 2. The van der Waals surface area contributed by atoms with Crippen molar-refractivity contribution in [1.29, 1.82) is 0 Å². The van der Waals surface area contributed by atoms with Crippen LogP contribution in [-0.4, -0.2) is 55.9 Å². The monoisotopic (exact) mass is 589 g/mol. The third-order valence-corrected chi connectivity index (χ3v) is 5.97. The molecule has 1 aliphatic heterocycles. The summed E-state index contributed by atoms with van der Waals surface area (Å²) in [6.45, 7) is 7.45. The van der Waals surface area contributed by atoms with Gasteiger partial charge in [-0.1, -0.05) is 22.0 Å². The number of imide groups is 1. The number of anilines is 1. The lowest BCUT2D eigenvalue weighted by Gasteiger charge is -2.27. The van der Waals surface area contributed by atoms with Crippen molar-refractivity contribution in [3.05, 3.63) is 48.0 Å². The first-order valence-corrected chi connectivity index (χ1v) is 13.3. The van der Waals surface area contributed by atoms with Gasteiger partial charge in [0.1, 0.15) is 29.2 Å². The Balaban J connectivity index is 1.90. The molecule has 38 heavy (non-hydrogen) atoms. The molecule has 2 amide bonds. The zero-order chi connectivity index (χ0) is 27.4. The van der Waals surface area contributed by atoms with Gasteiger partial charge in [-0.3, -0.25) is 4.79 Å². The summed E-state index contributed by atoms with van der Waals surface area (Å²) < 4.78 is 33.7. The van der Waals surface area contributed by atoms with Crippen LogP contribution in [0.3, 0.4) is 0 Å². The van der Waals surface area contributed by atoms with Crippen LogP contribution in [-0.2, 0) is 4.74 Å². The number of alkyl halides is 1.